The minimum Gasteiger partial charge on any atom is -0.486 e. The van der Waals surface area contributed by atoms with Gasteiger partial charge in [-0.15, -0.1) is 0 Å². The maximum atomic E-state index is 12.4. The standard InChI is InChI=1S/C24H26BrNO6/c1-5-29-21(27)11-15-7-6-8-19(26-23(28)32-24(2,3)4)22(15)31-14-16-13-30-20-10-9-17(25)12-18(16)20/h6-10,12-13H,5,11,14H2,1-4H3,(H,26,28). The van der Waals surface area contributed by atoms with Gasteiger partial charge in [0.1, 0.15) is 23.5 Å². The van der Waals surface area contributed by atoms with Gasteiger partial charge in [0.05, 0.1) is 25.0 Å². The zero-order valence-electron chi connectivity index (χ0n) is 18.5. The summed E-state index contributed by atoms with van der Waals surface area (Å²) in [4.78, 5) is 24.5. The summed E-state index contributed by atoms with van der Waals surface area (Å²) in [6.07, 6.45) is 1.02. The molecule has 1 aromatic heterocycles. The second-order valence-corrected chi connectivity index (χ2v) is 9.01. The molecule has 0 saturated heterocycles. The molecule has 3 aromatic rings. The van der Waals surface area contributed by atoms with E-state index in [1.165, 1.54) is 0 Å². The molecule has 1 amide bonds. The van der Waals surface area contributed by atoms with Crippen LogP contribution >= 0.6 is 15.9 Å². The Balaban J connectivity index is 1.89. The Kier molecular flexibility index (Phi) is 7.45. The van der Waals surface area contributed by atoms with Crippen LogP contribution in [0.3, 0.4) is 0 Å². The first-order valence-corrected chi connectivity index (χ1v) is 11.0. The molecule has 0 fully saturated rings. The molecule has 1 heterocycles. The Morgan fingerprint density at radius 2 is 1.91 bits per heavy atom. The summed E-state index contributed by atoms with van der Waals surface area (Å²) >= 11 is 3.47. The summed E-state index contributed by atoms with van der Waals surface area (Å²) in [5.74, 6) is -0.0137. The van der Waals surface area contributed by atoms with Crippen molar-refractivity contribution < 1.29 is 28.2 Å². The number of anilines is 1. The van der Waals surface area contributed by atoms with E-state index < -0.39 is 11.7 Å². The molecule has 0 aliphatic carbocycles. The number of hydrogen-bond acceptors (Lipinski definition) is 6. The van der Waals surface area contributed by atoms with Crippen molar-refractivity contribution in [3.63, 3.8) is 0 Å². The van der Waals surface area contributed by atoms with E-state index in [0.29, 0.717) is 17.0 Å². The number of benzene rings is 2. The van der Waals surface area contributed by atoms with Crippen molar-refractivity contribution in [2.75, 3.05) is 11.9 Å². The summed E-state index contributed by atoms with van der Waals surface area (Å²) in [6, 6.07) is 10.9. The molecule has 0 bridgehead atoms. The number of para-hydroxylation sites is 1. The van der Waals surface area contributed by atoms with Gasteiger partial charge in [0, 0.05) is 21.0 Å². The van der Waals surface area contributed by atoms with E-state index in [-0.39, 0.29) is 25.6 Å². The zero-order valence-corrected chi connectivity index (χ0v) is 20.1. The zero-order chi connectivity index (χ0) is 23.3. The van der Waals surface area contributed by atoms with Gasteiger partial charge in [0.15, 0.2) is 0 Å². The number of halogens is 1. The van der Waals surface area contributed by atoms with Gasteiger partial charge in [-0.05, 0) is 52.0 Å². The number of hydrogen-bond donors (Lipinski definition) is 1. The maximum absolute atomic E-state index is 12.4. The van der Waals surface area contributed by atoms with Gasteiger partial charge in [-0.3, -0.25) is 10.1 Å². The highest BCUT2D eigenvalue weighted by Gasteiger charge is 2.20. The van der Waals surface area contributed by atoms with Crippen molar-refractivity contribution in [2.45, 2.75) is 46.3 Å². The fourth-order valence-electron chi connectivity index (χ4n) is 3.09. The Hall–Kier alpha value is -3.00. The molecular formula is C24H26BrNO6. The normalized spacial score (nSPS) is 11.3. The third kappa shape index (κ3) is 6.26. The monoisotopic (exact) mass is 503 g/mol. The third-order valence-electron chi connectivity index (χ3n) is 4.36. The highest BCUT2D eigenvalue weighted by atomic mass is 79.9. The van der Waals surface area contributed by atoms with Crippen molar-refractivity contribution >= 4 is 44.6 Å². The van der Waals surface area contributed by atoms with Crippen molar-refractivity contribution in [1.29, 1.82) is 0 Å². The van der Waals surface area contributed by atoms with E-state index in [1.54, 1.807) is 52.2 Å². The van der Waals surface area contributed by atoms with Crippen molar-refractivity contribution in [3.8, 4) is 5.75 Å². The van der Waals surface area contributed by atoms with Gasteiger partial charge in [0.25, 0.3) is 0 Å². The summed E-state index contributed by atoms with van der Waals surface area (Å²) in [6.45, 7) is 7.54. The van der Waals surface area contributed by atoms with E-state index in [2.05, 4.69) is 21.2 Å². The van der Waals surface area contributed by atoms with Crippen LogP contribution in [-0.2, 0) is 27.3 Å². The van der Waals surface area contributed by atoms with Crippen LogP contribution in [0.25, 0.3) is 11.0 Å². The molecule has 7 nitrogen and oxygen atoms in total. The van der Waals surface area contributed by atoms with Crippen LogP contribution in [0.5, 0.6) is 5.75 Å². The van der Waals surface area contributed by atoms with Crippen molar-refractivity contribution in [3.05, 3.63) is 58.3 Å². The second kappa shape index (κ2) is 10.1. The van der Waals surface area contributed by atoms with Gasteiger partial charge < -0.3 is 18.6 Å². The SMILES string of the molecule is CCOC(=O)Cc1cccc(NC(=O)OC(C)(C)C)c1OCc1coc2ccc(Br)cc12. The minimum absolute atomic E-state index is 0.00466. The second-order valence-electron chi connectivity index (χ2n) is 8.09. The quantitative estimate of drug-likeness (QED) is 0.384. The van der Waals surface area contributed by atoms with Crippen LogP contribution in [0.15, 0.2) is 51.6 Å². The lowest BCUT2D eigenvalue weighted by Gasteiger charge is -2.21. The molecule has 3 rings (SSSR count). The van der Waals surface area contributed by atoms with E-state index in [9.17, 15) is 9.59 Å². The average molecular weight is 504 g/mol. The number of ether oxygens (including phenoxy) is 3. The Labute approximate surface area is 195 Å². The first-order valence-electron chi connectivity index (χ1n) is 10.2. The molecular weight excluding hydrogens is 478 g/mol. The molecule has 0 spiro atoms. The van der Waals surface area contributed by atoms with E-state index in [1.807, 2.05) is 18.2 Å². The number of furan rings is 1. The maximum Gasteiger partial charge on any atom is 0.412 e. The van der Waals surface area contributed by atoms with Crippen molar-refractivity contribution in [2.24, 2.45) is 0 Å². The van der Waals surface area contributed by atoms with Gasteiger partial charge in [-0.25, -0.2) is 4.79 Å². The molecule has 8 heteroatoms. The van der Waals surface area contributed by atoms with Gasteiger partial charge in [-0.2, -0.15) is 0 Å². The molecule has 0 radical (unpaired) electrons. The number of carbonyl (C=O) groups is 2. The first kappa shape index (κ1) is 23.7. The van der Waals surface area contributed by atoms with Crippen molar-refractivity contribution in [1.82, 2.24) is 0 Å². The fraction of sp³-hybridized carbons (Fsp3) is 0.333. The number of carbonyl (C=O) groups excluding carboxylic acids is 2. The Bertz CT molecular complexity index is 1120. The molecule has 1 N–H and O–H groups in total. The summed E-state index contributed by atoms with van der Waals surface area (Å²) in [5, 5.41) is 3.63. The fourth-order valence-corrected chi connectivity index (χ4v) is 3.45. The Morgan fingerprint density at radius 3 is 2.62 bits per heavy atom. The first-order chi connectivity index (χ1) is 15.2. The van der Waals surface area contributed by atoms with Gasteiger partial charge >= 0.3 is 12.1 Å². The number of rotatable bonds is 7. The van der Waals surface area contributed by atoms with Crippen LogP contribution in [0.4, 0.5) is 10.5 Å². The van der Waals surface area contributed by atoms with Crippen LogP contribution in [0.2, 0.25) is 0 Å². The minimum atomic E-state index is -0.656. The summed E-state index contributed by atoms with van der Waals surface area (Å²) in [5.41, 5.74) is 1.90. The molecule has 0 unspecified atom stereocenters. The van der Waals surface area contributed by atoms with Gasteiger partial charge in [0.2, 0.25) is 0 Å². The lowest BCUT2D eigenvalue weighted by molar-refractivity contribution is -0.142. The van der Waals surface area contributed by atoms with Crippen LogP contribution in [0.1, 0.15) is 38.8 Å². The predicted octanol–water partition coefficient (Wildman–Crippen LogP) is 6.23. The largest absolute Gasteiger partial charge is 0.486 e. The van der Waals surface area contributed by atoms with Gasteiger partial charge in [-0.1, -0.05) is 28.1 Å². The molecule has 170 valence electrons. The lowest BCUT2D eigenvalue weighted by Crippen LogP contribution is -2.27. The van der Waals surface area contributed by atoms with E-state index in [4.69, 9.17) is 18.6 Å². The summed E-state index contributed by atoms with van der Waals surface area (Å²) < 4.78 is 23.1. The topological polar surface area (TPSA) is 87.0 Å². The lowest BCUT2D eigenvalue weighted by atomic mass is 10.1. The third-order valence-corrected chi connectivity index (χ3v) is 4.85. The molecule has 32 heavy (non-hydrogen) atoms. The smallest absolute Gasteiger partial charge is 0.412 e. The number of nitrogens with one attached hydrogen (secondary N) is 1. The van der Waals surface area contributed by atoms with Crippen LogP contribution < -0.4 is 10.1 Å². The van der Waals surface area contributed by atoms with Crippen LogP contribution in [0, 0.1) is 0 Å². The number of amides is 1. The molecule has 0 saturated carbocycles. The average Bonchev–Trinajstić information content (AvgIpc) is 3.08. The highest BCUT2D eigenvalue weighted by Crippen LogP contribution is 2.33. The highest BCUT2D eigenvalue weighted by molar-refractivity contribution is 9.10. The van der Waals surface area contributed by atoms with E-state index >= 15 is 0 Å². The predicted molar refractivity (Wildman–Crippen MR) is 125 cm³/mol. The Morgan fingerprint density at radius 1 is 1.12 bits per heavy atom. The molecule has 0 aliphatic rings. The van der Waals surface area contributed by atoms with Crippen LogP contribution in [-0.4, -0.2) is 24.3 Å². The molecule has 2 aromatic carbocycles. The van der Waals surface area contributed by atoms with E-state index in [0.717, 1.165) is 21.0 Å². The number of fused-ring (bicyclic) bond motifs is 1. The number of esters is 1. The molecule has 0 aliphatic heterocycles. The molecule has 0 atom stereocenters. The summed E-state index contributed by atoms with van der Waals surface area (Å²) in [7, 11) is 0.